The van der Waals surface area contributed by atoms with Crippen LogP contribution in [0.15, 0.2) is 78.9 Å². The van der Waals surface area contributed by atoms with Crippen LogP contribution in [0, 0.1) is 27.7 Å². The van der Waals surface area contributed by atoms with E-state index in [1.807, 2.05) is 81.1 Å². The lowest BCUT2D eigenvalue weighted by Crippen LogP contribution is -2.47. The van der Waals surface area contributed by atoms with Crippen LogP contribution in [0.2, 0.25) is 0 Å². The monoisotopic (exact) mass is 575 g/mol. The molecule has 5 rings (SSSR count). The van der Waals surface area contributed by atoms with Gasteiger partial charge in [0.05, 0.1) is 29.1 Å². The number of nitrogens with zero attached hydrogens (tertiary/aromatic N) is 3. The van der Waals surface area contributed by atoms with Crippen molar-refractivity contribution in [3.05, 3.63) is 124 Å². The highest BCUT2D eigenvalue weighted by atomic mass is 16.5. The van der Waals surface area contributed by atoms with Gasteiger partial charge in [-0.15, -0.1) is 0 Å². The molecule has 1 aliphatic rings. The zero-order valence-electron chi connectivity index (χ0n) is 25.9. The fourth-order valence-electron chi connectivity index (χ4n) is 6.04. The maximum atomic E-state index is 14.1. The summed E-state index contributed by atoms with van der Waals surface area (Å²) in [6.45, 7) is 10.9. The molecule has 0 bridgehead atoms. The van der Waals surface area contributed by atoms with Crippen molar-refractivity contribution in [3.63, 3.8) is 0 Å². The number of likely N-dealkylation sites (N-methyl/N-ethyl adjacent to an activating group) is 1. The van der Waals surface area contributed by atoms with E-state index >= 15 is 0 Å². The molecule has 0 aliphatic carbocycles. The SMILES string of the molecule is Cc1ccc(C)c(-c2c(C(=O)OCCC(c3ccccc3)c3ccccc3)c(C)nc(C)c2C(=O)N2CCN(C)CC2)c1. The summed E-state index contributed by atoms with van der Waals surface area (Å²) >= 11 is 0. The summed E-state index contributed by atoms with van der Waals surface area (Å²) < 4.78 is 6.04. The molecule has 6 heteroatoms. The van der Waals surface area contributed by atoms with Crippen LogP contribution in [-0.4, -0.2) is 66.5 Å². The Morgan fingerprint density at radius 3 is 1.98 bits per heavy atom. The first-order chi connectivity index (χ1) is 20.7. The van der Waals surface area contributed by atoms with Gasteiger partial charge in [0.1, 0.15) is 0 Å². The number of hydrogen-bond donors (Lipinski definition) is 0. The molecule has 2 heterocycles. The summed E-state index contributed by atoms with van der Waals surface area (Å²) in [4.78, 5) is 37.0. The number of carbonyl (C=O) groups excluding carboxylic acids is 2. The summed E-state index contributed by atoms with van der Waals surface area (Å²) in [6.07, 6.45) is 0.629. The van der Waals surface area contributed by atoms with E-state index in [2.05, 4.69) is 42.3 Å². The van der Waals surface area contributed by atoms with Crippen molar-refractivity contribution in [3.8, 4) is 11.1 Å². The third-order valence-corrected chi connectivity index (χ3v) is 8.47. The lowest BCUT2D eigenvalue weighted by Gasteiger charge is -2.33. The minimum atomic E-state index is -0.451. The smallest absolute Gasteiger partial charge is 0.340 e. The normalized spacial score (nSPS) is 13.8. The van der Waals surface area contributed by atoms with E-state index in [4.69, 9.17) is 9.72 Å². The number of ether oxygens (including phenoxy) is 1. The largest absolute Gasteiger partial charge is 0.462 e. The summed E-state index contributed by atoms with van der Waals surface area (Å²) in [5.74, 6) is -0.454. The Balaban J connectivity index is 1.51. The maximum absolute atomic E-state index is 14.1. The molecule has 1 fully saturated rings. The summed E-state index contributed by atoms with van der Waals surface area (Å²) in [5, 5.41) is 0. The Morgan fingerprint density at radius 1 is 0.791 bits per heavy atom. The van der Waals surface area contributed by atoms with E-state index in [1.54, 1.807) is 0 Å². The second-order valence-electron chi connectivity index (χ2n) is 11.6. The number of aromatic nitrogens is 1. The van der Waals surface area contributed by atoms with Crippen molar-refractivity contribution in [2.75, 3.05) is 39.8 Å². The van der Waals surface area contributed by atoms with Crippen LogP contribution in [0.5, 0.6) is 0 Å². The van der Waals surface area contributed by atoms with Gasteiger partial charge in [0.2, 0.25) is 0 Å². The van der Waals surface area contributed by atoms with Crippen molar-refractivity contribution in [2.45, 2.75) is 40.0 Å². The third-order valence-electron chi connectivity index (χ3n) is 8.47. The number of hydrogen-bond acceptors (Lipinski definition) is 5. The van der Waals surface area contributed by atoms with E-state index in [9.17, 15) is 9.59 Å². The van der Waals surface area contributed by atoms with Crippen molar-refractivity contribution in [2.24, 2.45) is 0 Å². The zero-order valence-corrected chi connectivity index (χ0v) is 25.9. The lowest BCUT2D eigenvalue weighted by atomic mass is 9.88. The van der Waals surface area contributed by atoms with Crippen LogP contribution < -0.4 is 0 Å². The van der Waals surface area contributed by atoms with Crippen molar-refractivity contribution in [1.29, 1.82) is 0 Å². The summed E-state index contributed by atoms with van der Waals surface area (Å²) in [7, 11) is 2.07. The second-order valence-corrected chi connectivity index (χ2v) is 11.6. The van der Waals surface area contributed by atoms with Gasteiger partial charge in [-0.25, -0.2) is 4.79 Å². The highest BCUT2D eigenvalue weighted by molar-refractivity contribution is 6.09. The Hall–Kier alpha value is -4.29. The maximum Gasteiger partial charge on any atom is 0.340 e. The molecule has 1 amide bonds. The van der Waals surface area contributed by atoms with Gasteiger partial charge >= 0.3 is 5.97 Å². The highest BCUT2D eigenvalue weighted by Crippen LogP contribution is 2.36. The molecule has 1 saturated heterocycles. The fourth-order valence-corrected chi connectivity index (χ4v) is 6.04. The van der Waals surface area contributed by atoms with Gasteiger partial charge in [-0.05, 0) is 63.4 Å². The molecule has 0 N–H and O–H groups in total. The molecule has 0 unspecified atom stereocenters. The van der Waals surface area contributed by atoms with Crippen LogP contribution in [0.4, 0.5) is 0 Å². The first-order valence-corrected chi connectivity index (χ1v) is 15.1. The van der Waals surface area contributed by atoms with Crippen LogP contribution >= 0.6 is 0 Å². The van der Waals surface area contributed by atoms with Crippen molar-refractivity contribution < 1.29 is 14.3 Å². The molecule has 0 saturated carbocycles. The van der Waals surface area contributed by atoms with Crippen LogP contribution in [0.3, 0.4) is 0 Å². The predicted molar refractivity (Wildman–Crippen MR) is 172 cm³/mol. The van der Waals surface area contributed by atoms with Crippen LogP contribution in [0.25, 0.3) is 11.1 Å². The lowest BCUT2D eigenvalue weighted by molar-refractivity contribution is 0.0495. The average Bonchev–Trinajstić information content (AvgIpc) is 3.01. The molecule has 4 aromatic rings. The molecule has 222 valence electrons. The van der Waals surface area contributed by atoms with E-state index < -0.39 is 5.97 Å². The van der Waals surface area contributed by atoms with Gasteiger partial charge in [-0.3, -0.25) is 9.78 Å². The summed E-state index contributed by atoms with van der Waals surface area (Å²) in [6, 6.07) is 26.8. The molecule has 6 nitrogen and oxygen atoms in total. The minimum Gasteiger partial charge on any atom is -0.462 e. The number of amides is 1. The van der Waals surface area contributed by atoms with Gasteiger partial charge in [0.25, 0.3) is 5.91 Å². The Bertz CT molecular complexity index is 1550. The van der Waals surface area contributed by atoms with Crippen molar-refractivity contribution >= 4 is 11.9 Å². The Labute approximate surface area is 255 Å². The van der Waals surface area contributed by atoms with E-state index in [0.717, 1.165) is 29.8 Å². The number of piperazine rings is 1. The predicted octanol–water partition coefficient (Wildman–Crippen LogP) is 6.75. The van der Waals surface area contributed by atoms with Crippen LogP contribution in [0.1, 0.15) is 66.7 Å². The summed E-state index contributed by atoms with van der Waals surface area (Å²) in [5.41, 5.74) is 7.94. The first-order valence-electron chi connectivity index (χ1n) is 15.1. The van der Waals surface area contributed by atoms with Gasteiger partial charge < -0.3 is 14.5 Å². The Kier molecular flexibility index (Phi) is 9.37. The van der Waals surface area contributed by atoms with Gasteiger partial charge in [0, 0.05) is 37.7 Å². The number of rotatable bonds is 8. The molecule has 0 atom stereocenters. The molecule has 0 radical (unpaired) electrons. The third kappa shape index (κ3) is 6.70. The molecule has 43 heavy (non-hydrogen) atoms. The number of esters is 1. The van der Waals surface area contributed by atoms with Gasteiger partial charge in [-0.2, -0.15) is 0 Å². The molecule has 1 aromatic heterocycles. The zero-order chi connectivity index (χ0) is 30.5. The average molecular weight is 576 g/mol. The standard InChI is InChI=1S/C37H41N3O3/c1-25-16-17-26(2)32(24-25)35-33(36(41)40-21-19-39(5)20-22-40)27(3)38-28(4)34(35)37(42)43-23-18-31(29-12-8-6-9-13-29)30-14-10-7-11-15-30/h6-17,24,31H,18-23H2,1-5H3. The minimum absolute atomic E-state index is 0.0836. The van der Waals surface area contributed by atoms with Gasteiger partial charge in [-0.1, -0.05) is 84.4 Å². The Morgan fingerprint density at radius 2 is 1.37 bits per heavy atom. The van der Waals surface area contributed by atoms with Crippen molar-refractivity contribution in [1.82, 2.24) is 14.8 Å². The number of carbonyl (C=O) groups is 2. The second kappa shape index (κ2) is 13.3. The molecule has 0 spiro atoms. The fraction of sp³-hybridized carbons (Fsp3) is 0.324. The number of benzene rings is 3. The molecule has 1 aliphatic heterocycles. The van der Waals surface area contributed by atoms with Crippen LogP contribution in [-0.2, 0) is 4.74 Å². The van der Waals surface area contributed by atoms with Gasteiger partial charge in [0.15, 0.2) is 0 Å². The topological polar surface area (TPSA) is 62.7 Å². The first kappa shape index (κ1) is 30.2. The highest BCUT2D eigenvalue weighted by Gasteiger charge is 2.31. The number of pyridine rings is 1. The molecular formula is C37H41N3O3. The molecular weight excluding hydrogens is 534 g/mol. The van der Waals surface area contributed by atoms with E-state index in [-0.39, 0.29) is 18.4 Å². The van der Waals surface area contributed by atoms with E-state index in [0.29, 0.717) is 47.6 Å². The number of aryl methyl sites for hydroxylation is 4. The molecule has 3 aromatic carbocycles. The quantitative estimate of drug-likeness (QED) is 0.218. The van der Waals surface area contributed by atoms with E-state index in [1.165, 1.54) is 11.1 Å².